The lowest BCUT2D eigenvalue weighted by Gasteiger charge is -2.16. The van der Waals surface area contributed by atoms with E-state index in [4.69, 9.17) is 5.11 Å². The van der Waals surface area contributed by atoms with E-state index in [2.05, 4.69) is 14.6 Å². The number of aromatic carboxylic acids is 1. The van der Waals surface area contributed by atoms with Gasteiger partial charge in [-0.1, -0.05) is 4.49 Å². The number of hydrogen-bond acceptors (Lipinski definition) is 6. The Morgan fingerprint density at radius 3 is 2.89 bits per heavy atom. The summed E-state index contributed by atoms with van der Waals surface area (Å²) in [6, 6.07) is 3.20. The highest BCUT2D eigenvalue weighted by Crippen LogP contribution is 2.14. The molecule has 2 aromatic heterocycles. The van der Waals surface area contributed by atoms with Gasteiger partial charge in [0.25, 0.3) is 0 Å². The number of aryl methyl sites for hydroxylation is 1. The summed E-state index contributed by atoms with van der Waals surface area (Å²) >= 11 is 1.36. The van der Waals surface area contributed by atoms with Gasteiger partial charge >= 0.3 is 5.97 Å². The molecule has 0 radical (unpaired) electrons. The summed E-state index contributed by atoms with van der Waals surface area (Å²) in [7, 11) is 1.92. The van der Waals surface area contributed by atoms with Gasteiger partial charge < -0.3 is 5.11 Å². The minimum atomic E-state index is -0.952. The molecule has 0 atom stereocenters. The first kappa shape index (κ1) is 13.6. The number of aromatic nitrogens is 3. The van der Waals surface area contributed by atoms with Crippen LogP contribution in [0.4, 0.5) is 0 Å². The van der Waals surface area contributed by atoms with E-state index >= 15 is 0 Å². The Morgan fingerprint density at radius 1 is 1.47 bits per heavy atom. The van der Waals surface area contributed by atoms with Crippen molar-refractivity contribution in [3.05, 3.63) is 40.2 Å². The summed E-state index contributed by atoms with van der Waals surface area (Å²) in [5.74, 6) is -0.952. The van der Waals surface area contributed by atoms with Crippen LogP contribution in [0, 0.1) is 6.92 Å². The summed E-state index contributed by atoms with van der Waals surface area (Å²) in [6.07, 6.45) is 1.61. The quantitative estimate of drug-likeness (QED) is 0.894. The van der Waals surface area contributed by atoms with Gasteiger partial charge in [0.15, 0.2) is 0 Å². The Labute approximate surface area is 114 Å². The molecule has 2 rings (SSSR count). The summed E-state index contributed by atoms with van der Waals surface area (Å²) in [4.78, 5) is 18.3. The topological polar surface area (TPSA) is 79.2 Å². The summed E-state index contributed by atoms with van der Waals surface area (Å²) < 4.78 is 3.88. The number of pyridine rings is 1. The SMILES string of the molecule is Cc1nnsc1CN(C)Cc1ncccc1C(=O)O. The lowest BCUT2D eigenvalue weighted by atomic mass is 10.2. The van der Waals surface area contributed by atoms with Crippen LogP contribution < -0.4 is 0 Å². The highest BCUT2D eigenvalue weighted by atomic mass is 32.1. The molecule has 0 amide bonds. The average Bonchev–Trinajstić information content (AvgIpc) is 2.75. The largest absolute Gasteiger partial charge is 0.478 e. The van der Waals surface area contributed by atoms with E-state index < -0.39 is 5.97 Å². The van der Waals surface area contributed by atoms with E-state index in [0.29, 0.717) is 18.8 Å². The molecule has 1 N–H and O–H groups in total. The lowest BCUT2D eigenvalue weighted by molar-refractivity contribution is 0.0694. The summed E-state index contributed by atoms with van der Waals surface area (Å²) in [6.45, 7) is 3.06. The molecule has 0 aliphatic carbocycles. The second-order valence-electron chi connectivity index (χ2n) is 4.26. The third-order valence-corrected chi connectivity index (χ3v) is 3.51. The van der Waals surface area contributed by atoms with Crippen molar-refractivity contribution in [2.24, 2.45) is 0 Å². The minimum Gasteiger partial charge on any atom is -0.478 e. The third-order valence-electron chi connectivity index (χ3n) is 2.70. The molecule has 0 spiro atoms. The van der Waals surface area contributed by atoms with Gasteiger partial charge in [-0.25, -0.2) is 4.79 Å². The molecule has 2 heterocycles. The number of nitrogens with zero attached hydrogens (tertiary/aromatic N) is 4. The summed E-state index contributed by atoms with van der Waals surface area (Å²) in [5, 5.41) is 13.1. The van der Waals surface area contributed by atoms with E-state index in [1.54, 1.807) is 18.3 Å². The smallest absolute Gasteiger partial charge is 0.337 e. The molecule has 2 aromatic rings. The molecule has 0 aliphatic rings. The Bertz CT molecular complexity index is 585. The number of carboxylic acid groups (broad SMARTS) is 1. The zero-order valence-electron chi connectivity index (χ0n) is 10.7. The first-order chi connectivity index (χ1) is 9.08. The van der Waals surface area contributed by atoms with E-state index in [-0.39, 0.29) is 5.56 Å². The van der Waals surface area contributed by atoms with Crippen LogP contribution in [-0.2, 0) is 13.1 Å². The first-order valence-corrected chi connectivity index (χ1v) is 6.49. The van der Waals surface area contributed by atoms with Gasteiger partial charge in [0.1, 0.15) is 0 Å². The van der Waals surface area contributed by atoms with Crippen molar-refractivity contribution in [1.82, 2.24) is 19.5 Å². The Kier molecular flexibility index (Phi) is 4.18. The van der Waals surface area contributed by atoms with Crippen LogP contribution in [0.3, 0.4) is 0 Å². The van der Waals surface area contributed by atoms with Crippen LogP contribution in [0.25, 0.3) is 0 Å². The standard InChI is InChI=1S/C12H14N4O2S/c1-8-11(19-15-14-8)7-16(2)6-10-9(12(17)18)4-3-5-13-10/h3-5H,6-7H2,1-2H3,(H,17,18). The third kappa shape index (κ3) is 3.33. The number of carbonyl (C=O) groups is 1. The van der Waals surface area contributed by atoms with Gasteiger partial charge in [-0.05, 0) is 37.6 Å². The van der Waals surface area contributed by atoms with Crippen LogP contribution in [-0.4, -0.2) is 37.6 Å². The van der Waals surface area contributed by atoms with E-state index in [1.807, 2.05) is 18.9 Å². The highest BCUT2D eigenvalue weighted by Gasteiger charge is 2.13. The normalized spacial score (nSPS) is 10.9. The van der Waals surface area contributed by atoms with Crippen molar-refractivity contribution in [1.29, 1.82) is 0 Å². The van der Waals surface area contributed by atoms with Crippen molar-refractivity contribution in [3.63, 3.8) is 0 Å². The van der Waals surface area contributed by atoms with Crippen LogP contribution in [0.2, 0.25) is 0 Å². The van der Waals surface area contributed by atoms with Crippen LogP contribution >= 0.6 is 11.5 Å². The predicted molar refractivity (Wildman–Crippen MR) is 71.0 cm³/mol. The van der Waals surface area contributed by atoms with Crippen LogP contribution in [0.5, 0.6) is 0 Å². The fourth-order valence-corrected chi connectivity index (χ4v) is 2.42. The number of hydrogen-bond donors (Lipinski definition) is 1. The first-order valence-electron chi connectivity index (χ1n) is 5.71. The second kappa shape index (κ2) is 5.85. The van der Waals surface area contributed by atoms with Crippen molar-refractivity contribution in [2.75, 3.05) is 7.05 Å². The molecule has 6 nitrogen and oxygen atoms in total. The molecule has 0 aromatic carbocycles. The van der Waals surface area contributed by atoms with Gasteiger partial charge in [-0.15, -0.1) is 5.10 Å². The van der Waals surface area contributed by atoms with Crippen LogP contribution in [0.15, 0.2) is 18.3 Å². The van der Waals surface area contributed by atoms with Gasteiger partial charge in [0.2, 0.25) is 0 Å². The molecule has 7 heteroatoms. The lowest BCUT2D eigenvalue weighted by Crippen LogP contribution is -2.20. The van der Waals surface area contributed by atoms with E-state index in [9.17, 15) is 4.79 Å². The fraction of sp³-hybridized carbons (Fsp3) is 0.333. The van der Waals surface area contributed by atoms with Gasteiger partial charge in [-0.2, -0.15) is 0 Å². The van der Waals surface area contributed by atoms with Crippen molar-refractivity contribution in [2.45, 2.75) is 20.0 Å². The zero-order chi connectivity index (χ0) is 13.8. The molecule has 0 saturated heterocycles. The monoisotopic (exact) mass is 278 g/mol. The molecule has 0 aliphatic heterocycles. The number of rotatable bonds is 5. The van der Waals surface area contributed by atoms with E-state index in [1.165, 1.54) is 11.5 Å². The number of carboxylic acids is 1. The van der Waals surface area contributed by atoms with E-state index in [0.717, 1.165) is 10.6 Å². The molecule has 0 unspecified atom stereocenters. The zero-order valence-corrected chi connectivity index (χ0v) is 11.5. The Hall–Kier alpha value is -1.86. The molecular weight excluding hydrogens is 264 g/mol. The maximum absolute atomic E-state index is 11.1. The molecule has 100 valence electrons. The second-order valence-corrected chi connectivity index (χ2v) is 5.10. The highest BCUT2D eigenvalue weighted by molar-refractivity contribution is 7.05. The van der Waals surface area contributed by atoms with Gasteiger partial charge in [0.05, 0.1) is 21.8 Å². The summed E-state index contributed by atoms with van der Waals surface area (Å²) in [5.41, 5.74) is 1.72. The Morgan fingerprint density at radius 2 is 2.26 bits per heavy atom. The fourth-order valence-electron chi connectivity index (χ4n) is 1.71. The van der Waals surface area contributed by atoms with Crippen molar-refractivity contribution < 1.29 is 9.90 Å². The maximum Gasteiger partial charge on any atom is 0.337 e. The maximum atomic E-state index is 11.1. The Balaban J connectivity index is 2.09. The molecular formula is C12H14N4O2S. The van der Waals surface area contributed by atoms with Crippen LogP contribution in [0.1, 0.15) is 26.6 Å². The van der Waals surface area contributed by atoms with Gasteiger partial charge in [0, 0.05) is 19.3 Å². The molecule has 0 bridgehead atoms. The van der Waals surface area contributed by atoms with Crippen molar-refractivity contribution in [3.8, 4) is 0 Å². The molecule has 0 fully saturated rings. The van der Waals surface area contributed by atoms with Gasteiger partial charge in [-0.3, -0.25) is 9.88 Å². The molecule has 19 heavy (non-hydrogen) atoms. The van der Waals surface area contributed by atoms with Crippen molar-refractivity contribution >= 4 is 17.5 Å². The molecule has 0 saturated carbocycles. The predicted octanol–water partition coefficient (Wildman–Crippen LogP) is 1.57. The average molecular weight is 278 g/mol. The minimum absolute atomic E-state index is 0.244.